The number of hydrogen-bond donors (Lipinski definition) is 1. The molecule has 1 aromatic heterocycles. The van der Waals surface area contributed by atoms with E-state index in [4.69, 9.17) is 5.73 Å². The first-order valence-corrected chi connectivity index (χ1v) is 6.82. The highest BCUT2D eigenvalue weighted by atomic mass is 16.1. The second kappa shape index (κ2) is 4.74. The number of carbonyl (C=O) groups excluding carboxylic acids is 1. The van der Waals surface area contributed by atoms with E-state index in [1.165, 1.54) is 0 Å². The molecule has 1 heterocycles. The predicted octanol–water partition coefficient (Wildman–Crippen LogP) is 2.48. The number of pyridine rings is 1. The molecule has 1 aromatic carbocycles. The zero-order valence-electron chi connectivity index (χ0n) is 10.9. The molecule has 2 N–H and O–H groups in total. The maximum absolute atomic E-state index is 12.4. The summed E-state index contributed by atoms with van der Waals surface area (Å²) in [6, 6.07) is 11.9. The molecule has 19 heavy (non-hydrogen) atoms. The molecule has 0 saturated heterocycles. The first kappa shape index (κ1) is 12.3. The Morgan fingerprint density at radius 3 is 2.68 bits per heavy atom. The van der Waals surface area contributed by atoms with Crippen LogP contribution < -0.4 is 5.73 Å². The molecular weight excluding hydrogens is 236 g/mol. The summed E-state index contributed by atoms with van der Waals surface area (Å²) in [4.78, 5) is 16.9. The zero-order valence-corrected chi connectivity index (χ0v) is 10.9. The molecule has 0 atom stereocenters. The molecule has 1 fully saturated rings. The van der Waals surface area contributed by atoms with Crippen LogP contribution in [0.1, 0.15) is 25.0 Å². The van der Waals surface area contributed by atoms with Gasteiger partial charge in [-0.2, -0.15) is 0 Å². The highest BCUT2D eigenvalue weighted by molar-refractivity contribution is 5.88. The fraction of sp³-hybridized carbons (Fsp3) is 0.375. The average Bonchev–Trinajstić information content (AvgIpc) is 2.38. The lowest BCUT2D eigenvalue weighted by Gasteiger charge is -2.39. The molecule has 1 aliphatic rings. The minimum absolute atomic E-state index is 0.254. The summed E-state index contributed by atoms with van der Waals surface area (Å²) in [7, 11) is 0. The number of carbonyl (C=O) groups is 1. The van der Waals surface area contributed by atoms with Crippen LogP contribution in [0.5, 0.6) is 0 Å². The predicted molar refractivity (Wildman–Crippen MR) is 75.8 cm³/mol. The normalized spacial score (nSPS) is 17.1. The van der Waals surface area contributed by atoms with Crippen molar-refractivity contribution in [2.75, 3.05) is 6.54 Å². The van der Waals surface area contributed by atoms with E-state index in [1.54, 1.807) is 0 Å². The van der Waals surface area contributed by atoms with Crippen LogP contribution in [0.15, 0.2) is 36.4 Å². The van der Waals surface area contributed by atoms with Crippen LogP contribution >= 0.6 is 0 Å². The highest BCUT2D eigenvalue weighted by Gasteiger charge is 2.42. The Morgan fingerprint density at radius 2 is 2.00 bits per heavy atom. The van der Waals surface area contributed by atoms with Crippen molar-refractivity contribution < 1.29 is 4.79 Å². The van der Waals surface area contributed by atoms with Crippen molar-refractivity contribution in [3.63, 3.8) is 0 Å². The van der Waals surface area contributed by atoms with Gasteiger partial charge in [-0.1, -0.05) is 30.7 Å². The Balaban J connectivity index is 1.83. The van der Waals surface area contributed by atoms with E-state index in [9.17, 15) is 4.79 Å². The number of nitrogens with two attached hydrogens (primary N) is 1. The fourth-order valence-corrected chi connectivity index (χ4v) is 2.76. The van der Waals surface area contributed by atoms with Crippen LogP contribution in [-0.4, -0.2) is 17.3 Å². The van der Waals surface area contributed by atoms with Crippen LogP contribution in [0.25, 0.3) is 10.9 Å². The lowest BCUT2D eigenvalue weighted by Crippen LogP contribution is -2.45. The number of fused-ring (bicyclic) bond motifs is 1. The van der Waals surface area contributed by atoms with Crippen molar-refractivity contribution in [3.8, 4) is 0 Å². The van der Waals surface area contributed by atoms with Crippen molar-refractivity contribution >= 4 is 16.7 Å². The van der Waals surface area contributed by atoms with E-state index in [0.717, 1.165) is 35.9 Å². The molecule has 0 amide bonds. The van der Waals surface area contributed by atoms with Gasteiger partial charge in [0.1, 0.15) is 5.78 Å². The van der Waals surface area contributed by atoms with Gasteiger partial charge < -0.3 is 5.73 Å². The first-order valence-electron chi connectivity index (χ1n) is 6.82. The van der Waals surface area contributed by atoms with Gasteiger partial charge in [-0.15, -0.1) is 0 Å². The molecule has 0 radical (unpaired) electrons. The smallest absolute Gasteiger partial charge is 0.146 e. The van der Waals surface area contributed by atoms with Crippen LogP contribution in [0.2, 0.25) is 0 Å². The van der Waals surface area contributed by atoms with Gasteiger partial charge in [-0.3, -0.25) is 9.78 Å². The lowest BCUT2D eigenvalue weighted by molar-refractivity contribution is -0.132. The minimum atomic E-state index is -0.257. The molecule has 0 bridgehead atoms. The molecule has 0 spiro atoms. The standard InChI is InChI=1S/C16H18N2O/c17-11-16(8-3-9-16)15(19)10-13-7-6-12-4-1-2-5-14(12)18-13/h1-2,4-7H,3,8-11,17H2. The summed E-state index contributed by atoms with van der Waals surface area (Å²) in [6.07, 6.45) is 3.40. The van der Waals surface area contributed by atoms with Gasteiger partial charge in [0.05, 0.1) is 5.52 Å². The third-order valence-electron chi connectivity index (χ3n) is 4.29. The van der Waals surface area contributed by atoms with Gasteiger partial charge in [0.15, 0.2) is 0 Å². The number of benzene rings is 1. The SMILES string of the molecule is NCC1(C(=O)Cc2ccc3ccccc3n2)CCC1. The Bertz CT molecular complexity index is 611. The molecule has 1 saturated carbocycles. The van der Waals surface area contributed by atoms with Gasteiger partial charge in [-0.05, 0) is 25.0 Å². The number of Topliss-reactive ketones (excluding diaryl/α,β-unsaturated/α-hetero) is 1. The molecule has 3 nitrogen and oxygen atoms in total. The number of ketones is 1. The zero-order chi connectivity index (χ0) is 13.3. The van der Waals surface area contributed by atoms with Crippen molar-refractivity contribution in [1.29, 1.82) is 0 Å². The monoisotopic (exact) mass is 254 g/mol. The summed E-state index contributed by atoms with van der Waals surface area (Å²) >= 11 is 0. The summed E-state index contributed by atoms with van der Waals surface area (Å²) in [6.45, 7) is 0.472. The number of nitrogens with zero attached hydrogens (tertiary/aromatic N) is 1. The van der Waals surface area contributed by atoms with Crippen LogP contribution in [0.4, 0.5) is 0 Å². The second-order valence-corrected chi connectivity index (χ2v) is 5.43. The molecule has 1 aliphatic carbocycles. The van der Waals surface area contributed by atoms with Gasteiger partial charge >= 0.3 is 0 Å². The van der Waals surface area contributed by atoms with Crippen molar-refractivity contribution in [1.82, 2.24) is 4.98 Å². The van der Waals surface area contributed by atoms with E-state index in [2.05, 4.69) is 4.98 Å². The van der Waals surface area contributed by atoms with Crippen LogP contribution in [-0.2, 0) is 11.2 Å². The summed E-state index contributed by atoms with van der Waals surface area (Å²) < 4.78 is 0. The molecule has 0 unspecified atom stereocenters. The Morgan fingerprint density at radius 1 is 1.21 bits per heavy atom. The molecule has 3 rings (SSSR count). The third-order valence-corrected chi connectivity index (χ3v) is 4.29. The number of para-hydroxylation sites is 1. The van der Waals surface area contributed by atoms with Gasteiger partial charge in [0, 0.05) is 29.5 Å². The van der Waals surface area contributed by atoms with Crippen molar-refractivity contribution in [3.05, 3.63) is 42.1 Å². The molecule has 0 aliphatic heterocycles. The first-order chi connectivity index (χ1) is 9.23. The van der Waals surface area contributed by atoms with Gasteiger partial charge in [0.2, 0.25) is 0 Å². The Hall–Kier alpha value is -1.74. The summed E-state index contributed by atoms with van der Waals surface area (Å²) in [5, 5.41) is 1.11. The quantitative estimate of drug-likeness (QED) is 0.912. The Labute approximate surface area is 112 Å². The summed E-state index contributed by atoms with van der Waals surface area (Å²) in [5.74, 6) is 0.254. The van der Waals surface area contributed by atoms with E-state index in [-0.39, 0.29) is 11.2 Å². The molecule has 98 valence electrons. The number of hydrogen-bond acceptors (Lipinski definition) is 3. The van der Waals surface area contributed by atoms with E-state index < -0.39 is 0 Å². The second-order valence-electron chi connectivity index (χ2n) is 5.43. The van der Waals surface area contributed by atoms with Crippen molar-refractivity contribution in [2.24, 2.45) is 11.1 Å². The maximum atomic E-state index is 12.4. The summed E-state index contributed by atoms with van der Waals surface area (Å²) in [5.41, 5.74) is 7.31. The Kier molecular flexibility index (Phi) is 3.07. The van der Waals surface area contributed by atoms with E-state index in [0.29, 0.717) is 13.0 Å². The van der Waals surface area contributed by atoms with Crippen LogP contribution in [0.3, 0.4) is 0 Å². The molecule has 3 heteroatoms. The number of rotatable bonds is 4. The van der Waals surface area contributed by atoms with E-state index >= 15 is 0 Å². The topological polar surface area (TPSA) is 56.0 Å². The van der Waals surface area contributed by atoms with E-state index in [1.807, 2.05) is 36.4 Å². The average molecular weight is 254 g/mol. The lowest BCUT2D eigenvalue weighted by atomic mass is 9.65. The van der Waals surface area contributed by atoms with Gasteiger partial charge in [-0.25, -0.2) is 0 Å². The largest absolute Gasteiger partial charge is 0.329 e. The minimum Gasteiger partial charge on any atom is -0.329 e. The number of aromatic nitrogens is 1. The maximum Gasteiger partial charge on any atom is 0.146 e. The fourth-order valence-electron chi connectivity index (χ4n) is 2.76. The van der Waals surface area contributed by atoms with Crippen molar-refractivity contribution in [2.45, 2.75) is 25.7 Å². The molecule has 2 aromatic rings. The highest BCUT2D eigenvalue weighted by Crippen LogP contribution is 2.41. The third kappa shape index (κ3) is 2.15. The molecular formula is C16H18N2O. The van der Waals surface area contributed by atoms with Crippen LogP contribution in [0, 0.1) is 5.41 Å². The van der Waals surface area contributed by atoms with Gasteiger partial charge in [0.25, 0.3) is 0 Å².